The summed E-state index contributed by atoms with van der Waals surface area (Å²) in [6.07, 6.45) is 15.6. The number of carbonyl (C=O) groups excluding carboxylic acids is 1. The summed E-state index contributed by atoms with van der Waals surface area (Å²) >= 11 is 0. The molecule has 2 aliphatic rings. The van der Waals surface area contributed by atoms with Crippen molar-refractivity contribution in [3.05, 3.63) is 54.3 Å². The molecule has 4 nitrogen and oxygen atoms in total. The zero-order valence-corrected chi connectivity index (χ0v) is 15.9. The molecule has 1 aliphatic carbocycles. The number of hydrogen-bond donors (Lipinski definition) is 0. The fourth-order valence-electron chi connectivity index (χ4n) is 3.96. The first kappa shape index (κ1) is 18.6. The van der Waals surface area contributed by atoms with Gasteiger partial charge in [-0.1, -0.05) is 37.5 Å². The number of hydrogen-bond acceptors (Lipinski definition) is 3. The van der Waals surface area contributed by atoms with Gasteiger partial charge in [0.15, 0.2) is 0 Å². The van der Waals surface area contributed by atoms with Gasteiger partial charge >= 0.3 is 0 Å². The van der Waals surface area contributed by atoms with Gasteiger partial charge in [0, 0.05) is 25.7 Å². The Labute approximate surface area is 157 Å². The normalized spacial score (nSPS) is 20.2. The van der Waals surface area contributed by atoms with Crippen molar-refractivity contribution in [3.8, 4) is 5.75 Å². The predicted octanol–water partition coefficient (Wildman–Crippen LogP) is 4.13. The molecule has 1 aliphatic heterocycles. The van der Waals surface area contributed by atoms with E-state index >= 15 is 0 Å². The number of aryl methyl sites for hydroxylation is 1. The maximum atomic E-state index is 13.2. The van der Waals surface area contributed by atoms with E-state index in [2.05, 4.69) is 35.2 Å². The van der Waals surface area contributed by atoms with Crippen LogP contribution in [0.5, 0.6) is 5.75 Å². The average Bonchev–Trinajstić information content (AvgIpc) is 2.69. The monoisotopic (exact) mass is 354 g/mol. The molecule has 3 rings (SSSR count). The van der Waals surface area contributed by atoms with Gasteiger partial charge in [-0.05, 0) is 49.1 Å². The maximum Gasteiger partial charge on any atom is 0.225 e. The largest absolute Gasteiger partial charge is 0.497 e. The number of nitrogens with zero attached hydrogens (tertiary/aromatic N) is 2. The highest BCUT2D eigenvalue weighted by Gasteiger charge is 2.32. The number of carbonyl (C=O) groups is 1. The van der Waals surface area contributed by atoms with Gasteiger partial charge in [0.2, 0.25) is 5.91 Å². The van der Waals surface area contributed by atoms with Crippen LogP contribution in [0.25, 0.3) is 0 Å². The fraction of sp³-hybridized carbons (Fsp3) is 0.500. The van der Waals surface area contributed by atoms with Crippen molar-refractivity contribution in [1.29, 1.82) is 0 Å². The first-order valence-electron chi connectivity index (χ1n) is 9.70. The lowest BCUT2D eigenvalue weighted by molar-refractivity contribution is -0.138. The van der Waals surface area contributed by atoms with Crippen LogP contribution in [0.3, 0.4) is 0 Å². The molecule has 26 heavy (non-hydrogen) atoms. The quantitative estimate of drug-likeness (QED) is 0.770. The Bertz CT molecular complexity index is 645. The Kier molecular flexibility index (Phi) is 6.37. The summed E-state index contributed by atoms with van der Waals surface area (Å²) in [5, 5.41) is 0. The number of likely N-dealkylation sites (N-methyl/N-ethyl adjacent to an activating group) is 1. The molecule has 1 unspecified atom stereocenters. The van der Waals surface area contributed by atoms with Gasteiger partial charge in [0.1, 0.15) is 11.9 Å². The van der Waals surface area contributed by atoms with Crippen molar-refractivity contribution in [2.75, 3.05) is 14.2 Å². The standard InChI is InChI=1S/C22H30N2O2/c1-23-17-7-6-10-21(23)24(19-8-4-3-5-9-19)22(25)16-13-18-11-14-20(26-2)15-12-18/h6-7,10-12,14-15,17,19,21H,3-5,8-9,13,16H2,1-2H3. The zero-order valence-electron chi connectivity index (χ0n) is 15.9. The molecule has 0 bridgehead atoms. The van der Waals surface area contributed by atoms with E-state index in [4.69, 9.17) is 4.74 Å². The molecule has 140 valence electrons. The molecular formula is C22H30N2O2. The summed E-state index contributed by atoms with van der Waals surface area (Å²) in [6, 6.07) is 8.37. The molecule has 0 aromatic heterocycles. The Morgan fingerprint density at radius 1 is 1.15 bits per heavy atom. The first-order chi connectivity index (χ1) is 12.7. The molecular weight excluding hydrogens is 324 g/mol. The highest BCUT2D eigenvalue weighted by atomic mass is 16.5. The van der Waals surface area contributed by atoms with Crippen LogP contribution in [0.4, 0.5) is 0 Å². The molecule has 0 radical (unpaired) electrons. The number of methoxy groups -OCH3 is 1. The van der Waals surface area contributed by atoms with Crippen LogP contribution in [0.1, 0.15) is 44.1 Å². The zero-order chi connectivity index (χ0) is 18.4. The van der Waals surface area contributed by atoms with Crippen molar-refractivity contribution < 1.29 is 9.53 Å². The second kappa shape index (κ2) is 8.93. The minimum atomic E-state index is 0.0338. The number of ether oxygens (including phenoxy) is 1. The van der Waals surface area contributed by atoms with Crippen molar-refractivity contribution in [1.82, 2.24) is 9.80 Å². The van der Waals surface area contributed by atoms with Crippen LogP contribution < -0.4 is 4.74 Å². The molecule has 0 saturated heterocycles. The van der Waals surface area contributed by atoms with Gasteiger partial charge < -0.3 is 14.5 Å². The van der Waals surface area contributed by atoms with Crippen molar-refractivity contribution in [3.63, 3.8) is 0 Å². The van der Waals surface area contributed by atoms with E-state index in [0.29, 0.717) is 12.5 Å². The Hall–Kier alpha value is -2.23. The summed E-state index contributed by atoms with van der Waals surface area (Å²) in [7, 11) is 3.72. The molecule has 1 saturated carbocycles. The van der Waals surface area contributed by atoms with Crippen LogP contribution in [0.15, 0.2) is 48.7 Å². The van der Waals surface area contributed by atoms with Crippen LogP contribution in [0, 0.1) is 0 Å². The highest BCUT2D eigenvalue weighted by molar-refractivity contribution is 5.77. The molecule has 4 heteroatoms. The van der Waals surface area contributed by atoms with Crippen LogP contribution in [-0.4, -0.2) is 42.1 Å². The van der Waals surface area contributed by atoms with E-state index in [1.54, 1.807) is 7.11 Å². The SMILES string of the molecule is COc1ccc(CCC(=O)N(C2CCCCC2)C2C=CC=CN2C)cc1. The molecule has 1 atom stereocenters. The van der Waals surface area contributed by atoms with Gasteiger partial charge in [-0.2, -0.15) is 0 Å². The number of benzene rings is 1. The molecule has 0 spiro atoms. The van der Waals surface area contributed by atoms with Crippen molar-refractivity contribution >= 4 is 5.91 Å². The smallest absolute Gasteiger partial charge is 0.225 e. The fourth-order valence-corrected chi connectivity index (χ4v) is 3.96. The van der Waals surface area contributed by atoms with E-state index in [1.165, 1.54) is 24.8 Å². The molecule has 0 N–H and O–H groups in total. The van der Waals surface area contributed by atoms with E-state index in [-0.39, 0.29) is 12.1 Å². The third-order valence-electron chi connectivity index (χ3n) is 5.46. The number of rotatable bonds is 6. The second-order valence-corrected chi connectivity index (χ2v) is 7.25. The van der Waals surface area contributed by atoms with Crippen molar-refractivity contribution in [2.24, 2.45) is 0 Å². The summed E-state index contributed by atoms with van der Waals surface area (Å²) in [5.41, 5.74) is 1.18. The average molecular weight is 354 g/mol. The van der Waals surface area contributed by atoms with Gasteiger partial charge in [-0.15, -0.1) is 0 Å². The van der Waals surface area contributed by atoms with E-state index in [1.807, 2.05) is 30.3 Å². The van der Waals surface area contributed by atoms with Gasteiger partial charge in [0.25, 0.3) is 0 Å². The third-order valence-corrected chi connectivity index (χ3v) is 5.46. The second-order valence-electron chi connectivity index (χ2n) is 7.25. The Morgan fingerprint density at radius 2 is 1.88 bits per heavy atom. The van der Waals surface area contributed by atoms with E-state index in [9.17, 15) is 4.79 Å². The molecule has 1 heterocycles. The topological polar surface area (TPSA) is 32.8 Å². The number of amides is 1. The lowest BCUT2D eigenvalue weighted by atomic mass is 9.93. The first-order valence-corrected chi connectivity index (χ1v) is 9.70. The molecule has 1 fully saturated rings. The lowest BCUT2D eigenvalue weighted by Gasteiger charge is -2.43. The van der Waals surface area contributed by atoms with Crippen LogP contribution >= 0.6 is 0 Å². The molecule has 1 aromatic rings. The summed E-state index contributed by atoms with van der Waals surface area (Å²) in [6.45, 7) is 0. The van der Waals surface area contributed by atoms with E-state index in [0.717, 1.165) is 25.0 Å². The molecule has 1 amide bonds. The number of allylic oxidation sites excluding steroid dienone is 2. The van der Waals surface area contributed by atoms with Gasteiger partial charge in [-0.25, -0.2) is 0 Å². The minimum Gasteiger partial charge on any atom is -0.497 e. The summed E-state index contributed by atoms with van der Waals surface area (Å²) < 4.78 is 5.21. The molecule has 1 aromatic carbocycles. The van der Waals surface area contributed by atoms with Gasteiger partial charge in [0.05, 0.1) is 7.11 Å². The third kappa shape index (κ3) is 4.48. The summed E-state index contributed by atoms with van der Waals surface area (Å²) in [5.74, 6) is 1.11. The predicted molar refractivity (Wildman–Crippen MR) is 105 cm³/mol. The van der Waals surface area contributed by atoms with Gasteiger partial charge in [-0.3, -0.25) is 4.79 Å². The Morgan fingerprint density at radius 3 is 2.54 bits per heavy atom. The summed E-state index contributed by atoms with van der Waals surface area (Å²) in [4.78, 5) is 17.5. The van der Waals surface area contributed by atoms with Crippen LogP contribution in [-0.2, 0) is 11.2 Å². The van der Waals surface area contributed by atoms with E-state index < -0.39 is 0 Å². The van der Waals surface area contributed by atoms with Crippen LogP contribution in [0.2, 0.25) is 0 Å². The lowest BCUT2D eigenvalue weighted by Crippen LogP contribution is -2.53. The van der Waals surface area contributed by atoms with Crippen molar-refractivity contribution in [2.45, 2.75) is 57.2 Å². The maximum absolute atomic E-state index is 13.2. The Balaban J connectivity index is 1.69. The highest BCUT2D eigenvalue weighted by Crippen LogP contribution is 2.27. The minimum absolute atomic E-state index is 0.0338.